The minimum absolute atomic E-state index is 0.402. The van der Waals surface area contributed by atoms with Gasteiger partial charge in [-0.2, -0.15) is 0 Å². The molecule has 5 nitrogen and oxygen atoms in total. The van der Waals surface area contributed by atoms with Crippen molar-refractivity contribution in [1.29, 1.82) is 0 Å². The molecule has 0 aliphatic rings. The Balaban J connectivity index is 2.01. The third kappa shape index (κ3) is 4.04. The second kappa shape index (κ2) is 6.68. The highest BCUT2D eigenvalue weighted by atomic mass is 79.9. The first-order valence-corrected chi connectivity index (χ1v) is 7.04. The molecule has 19 heavy (non-hydrogen) atoms. The maximum Gasteiger partial charge on any atom is 0.320 e. The van der Waals surface area contributed by atoms with E-state index >= 15 is 0 Å². The fraction of sp³-hybridized carbons (Fsp3) is 0.385. The first kappa shape index (κ1) is 14.0. The molecule has 0 unspecified atom stereocenters. The molecule has 6 heteroatoms. The van der Waals surface area contributed by atoms with Crippen LogP contribution in [-0.2, 0) is 6.54 Å². The Hall–Kier alpha value is -1.40. The van der Waals surface area contributed by atoms with Crippen molar-refractivity contribution in [1.82, 2.24) is 15.5 Å². The van der Waals surface area contributed by atoms with Gasteiger partial charge in [-0.25, -0.2) is 0 Å². The van der Waals surface area contributed by atoms with Crippen molar-refractivity contribution < 1.29 is 4.42 Å². The van der Waals surface area contributed by atoms with Crippen LogP contribution in [0.4, 0.5) is 11.7 Å². The van der Waals surface area contributed by atoms with Gasteiger partial charge in [0, 0.05) is 4.47 Å². The zero-order valence-electron chi connectivity index (χ0n) is 11.0. The molecule has 0 radical (unpaired) electrons. The summed E-state index contributed by atoms with van der Waals surface area (Å²) in [7, 11) is 0. The maximum absolute atomic E-state index is 5.51. The Labute approximate surface area is 120 Å². The van der Waals surface area contributed by atoms with Crippen LogP contribution in [0.5, 0.6) is 0 Å². The average molecular weight is 325 g/mol. The summed E-state index contributed by atoms with van der Waals surface area (Å²) in [5.41, 5.74) is 2.08. The van der Waals surface area contributed by atoms with Gasteiger partial charge in [-0.05, 0) is 53.5 Å². The van der Waals surface area contributed by atoms with Gasteiger partial charge in [-0.3, -0.25) is 0 Å². The summed E-state index contributed by atoms with van der Waals surface area (Å²) in [6.45, 7) is 5.68. The Bertz CT molecular complexity index is 541. The summed E-state index contributed by atoms with van der Waals surface area (Å²) in [4.78, 5) is 0. The molecular weight excluding hydrogens is 308 g/mol. The lowest BCUT2D eigenvalue weighted by atomic mass is 10.2. The van der Waals surface area contributed by atoms with Crippen molar-refractivity contribution in [2.75, 3.05) is 11.9 Å². The molecule has 0 saturated heterocycles. The van der Waals surface area contributed by atoms with Crippen LogP contribution in [0.3, 0.4) is 0 Å². The summed E-state index contributed by atoms with van der Waals surface area (Å²) < 4.78 is 6.47. The van der Waals surface area contributed by atoms with Gasteiger partial charge in [0.2, 0.25) is 5.89 Å². The van der Waals surface area contributed by atoms with Crippen LogP contribution in [-0.4, -0.2) is 16.7 Å². The number of hydrogen-bond acceptors (Lipinski definition) is 5. The molecule has 2 aromatic rings. The van der Waals surface area contributed by atoms with Crippen LogP contribution in [0.2, 0.25) is 0 Å². The number of hydrogen-bond donors (Lipinski definition) is 2. The molecule has 0 atom stereocenters. The molecule has 0 amide bonds. The molecule has 1 heterocycles. The van der Waals surface area contributed by atoms with Gasteiger partial charge >= 0.3 is 6.01 Å². The fourth-order valence-electron chi connectivity index (χ4n) is 1.60. The van der Waals surface area contributed by atoms with Gasteiger partial charge in [0.1, 0.15) is 0 Å². The largest absolute Gasteiger partial charge is 0.406 e. The molecular formula is C13H17BrN4O. The minimum atomic E-state index is 0.402. The Morgan fingerprint density at radius 3 is 2.95 bits per heavy atom. The van der Waals surface area contributed by atoms with Gasteiger partial charge in [0.25, 0.3) is 0 Å². The summed E-state index contributed by atoms with van der Waals surface area (Å²) in [6.07, 6.45) is 1.08. The van der Waals surface area contributed by atoms with E-state index in [-0.39, 0.29) is 0 Å². The quantitative estimate of drug-likeness (QED) is 0.797. The van der Waals surface area contributed by atoms with Crippen molar-refractivity contribution in [2.45, 2.75) is 26.8 Å². The molecule has 0 aliphatic heterocycles. The first-order valence-electron chi connectivity index (χ1n) is 6.25. The minimum Gasteiger partial charge on any atom is -0.406 e. The monoisotopic (exact) mass is 324 g/mol. The number of nitrogens with zero attached hydrogens (tertiary/aromatic N) is 2. The molecule has 0 spiro atoms. The van der Waals surface area contributed by atoms with E-state index in [1.807, 2.05) is 25.1 Å². The van der Waals surface area contributed by atoms with Crippen LogP contribution in [0.1, 0.15) is 24.8 Å². The number of aromatic nitrogens is 2. The summed E-state index contributed by atoms with van der Waals surface area (Å²) in [5, 5.41) is 14.3. The van der Waals surface area contributed by atoms with Gasteiger partial charge in [-0.1, -0.05) is 18.1 Å². The van der Waals surface area contributed by atoms with Gasteiger partial charge in [-0.15, -0.1) is 5.10 Å². The molecule has 1 aromatic carbocycles. The first-order chi connectivity index (χ1) is 9.19. The zero-order chi connectivity index (χ0) is 13.7. The number of anilines is 2. The lowest BCUT2D eigenvalue weighted by molar-refractivity contribution is 0.479. The van der Waals surface area contributed by atoms with Crippen LogP contribution in [0.15, 0.2) is 27.1 Å². The second-order valence-electron chi connectivity index (χ2n) is 4.29. The smallest absolute Gasteiger partial charge is 0.320 e. The molecule has 0 aliphatic carbocycles. The van der Waals surface area contributed by atoms with Crippen molar-refractivity contribution in [2.24, 2.45) is 0 Å². The molecule has 2 rings (SSSR count). The van der Waals surface area contributed by atoms with Crippen molar-refractivity contribution in [3.63, 3.8) is 0 Å². The predicted molar refractivity (Wildman–Crippen MR) is 78.5 cm³/mol. The average Bonchev–Trinajstić information content (AvgIpc) is 2.82. The number of benzene rings is 1. The normalized spacial score (nSPS) is 10.7. The molecule has 0 bridgehead atoms. The highest BCUT2D eigenvalue weighted by Crippen LogP contribution is 2.26. The van der Waals surface area contributed by atoms with E-state index in [0.717, 1.165) is 28.7 Å². The maximum atomic E-state index is 5.51. The van der Waals surface area contributed by atoms with Crippen LogP contribution < -0.4 is 10.6 Å². The summed E-state index contributed by atoms with van der Waals surface area (Å²) in [5.74, 6) is 0.583. The van der Waals surface area contributed by atoms with Gasteiger partial charge in [0.15, 0.2) is 0 Å². The Morgan fingerprint density at radius 1 is 1.32 bits per heavy atom. The summed E-state index contributed by atoms with van der Waals surface area (Å²) >= 11 is 3.48. The topological polar surface area (TPSA) is 63.0 Å². The second-order valence-corrected chi connectivity index (χ2v) is 5.14. The van der Waals surface area contributed by atoms with Crippen LogP contribution in [0, 0.1) is 6.92 Å². The number of aryl methyl sites for hydroxylation is 1. The molecule has 2 N–H and O–H groups in total. The zero-order valence-corrected chi connectivity index (χ0v) is 12.6. The van der Waals surface area contributed by atoms with E-state index in [0.29, 0.717) is 18.5 Å². The van der Waals surface area contributed by atoms with Crippen LogP contribution in [0.25, 0.3) is 0 Å². The van der Waals surface area contributed by atoms with Crippen LogP contribution >= 0.6 is 15.9 Å². The van der Waals surface area contributed by atoms with E-state index in [2.05, 4.69) is 43.7 Å². The molecule has 0 fully saturated rings. The predicted octanol–water partition coefficient (Wildman–Crippen LogP) is 3.38. The Morgan fingerprint density at radius 2 is 2.16 bits per heavy atom. The van der Waals surface area contributed by atoms with E-state index < -0.39 is 0 Å². The SMILES string of the molecule is CCCNCc1nnc(Nc2cc(C)ccc2Br)o1. The number of nitrogens with one attached hydrogen (secondary N) is 2. The fourth-order valence-corrected chi connectivity index (χ4v) is 1.94. The lowest BCUT2D eigenvalue weighted by Crippen LogP contribution is -2.13. The molecule has 0 saturated carbocycles. The highest BCUT2D eigenvalue weighted by molar-refractivity contribution is 9.10. The van der Waals surface area contributed by atoms with Gasteiger partial charge in [0.05, 0.1) is 12.2 Å². The van der Waals surface area contributed by atoms with Crippen molar-refractivity contribution >= 4 is 27.6 Å². The van der Waals surface area contributed by atoms with Crippen molar-refractivity contribution in [3.05, 3.63) is 34.1 Å². The summed E-state index contributed by atoms with van der Waals surface area (Å²) in [6, 6.07) is 6.43. The number of rotatable bonds is 6. The lowest BCUT2D eigenvalue weighted by Gasteiger charge is -2.05. The van der Waals surface area contributed by atoms with E-state index in [1.54, 1.807) is 0 Å². The highest BCUT2D eigenvalue weighted by Gasteiger charge is 2.07. The molecule has 1 aromatic heterocycles. The number of halogens is 1. The third-order valence-electron chi connectivity index (χ3n) is 2.53. The van der Waals surface area contributed by atoms with E-state index in [4.69, 9.17) is 4.42 Å². The van der Waals surface area contributed by atoms with Crippen molar-refractivity contribution in [3.8, 4) is 0 Å². The van der Waals surface area contributed by atoms with E-state index in [1.165, 1.54) is 0 Å². The van der Waals surface area contributed by atoms with E-state index in [9.17, 15) is 0 Å². The van der Waals surface area contributed by atoms with Gasteiger partial charge < -0.3 is 15.1 Å². The molecule has 102 valence electrons. The Kier molecular flexibility index (Phi) is 4.93. The standard InChI is InChI=1S/C13H17BrN4O/c1-3-6-15-8-12-17-18-13(19-12)16-11-7-9(2)4-5-10(11)14/h4-5,7,15H,3,6,8H2,1-2H3,(H,16,18). The third-order valence-corrected chi connectivity index (χ3v) is 3.22.